The first-order valence-electron chi connectivity index (χ1n) is 22.0. The fourth-order valence-electron chi connectivity index (χ4n) is 9.11. The zero-order valence-corrected chi connectivity index (χ0v) is 37.4. The maximum atomic E-state index is 13.1. The molecule has 3 aliphatic rings. The van der Waals surface area contributed by atoms with Crippen LogP contribution in [0.15, 0.2) is 105 Å². The molecule has 326 valence electrons. The number of piperidine rings is 3. The lowest BCUT2D eigenvalue weighted by molar-refractivity contribution is 0.0838. The number of rotatable bonds is 15. The third kappa shape index (κ3) is 9.03. The van der Waals surface area contributed by atoms with Crippen molar-refractivity contribution in [1.29, 1.82) is 0 Å². The van der Waals surface area contributed by atoms with Crippen LogP contribution in [0.5, 0.6) is 5.75 Å². The molecule has 9 rings (SSSR count). The molecule has 3 saturated heterocycles. The summed E-state index contributed by atoms with van der Waals surface area (Å²) in [6.07, 6.45) is 3.17. The van der Waals surface area contributed by atoms with E-state index in [2.05, 4.69) is 61.2 Å². The maximum Gasteiger partial charge on any atom is 0.419 e. The molecule has 5 heterocycles. The second kappa shape index (κ2) is 17.7. The lowest BCUT2D eigenvalue weighted by Crippen LogP contribution is -2.58. The Kier molecular flexibility index (Phi) is 12.3. The number of aromatic hydroxyl groups is 1. The zero-order chi connectivity index (χ0) is 43.8. The number of hydrogen-bond acceptors (Lipinski definition) is 8. The molecule has 3 fully saturated rings. The Bertz CT molecular complexity index is 2680. The number of H-pyrrole nitrogens is 1. The highest BCUT2D eigenvalue weighted by Gasteiger charge is 2.41. The van der Waals surface area contributed by atoms with Crippen LogP contribution in [0.1, 0.15) is 69.2 Å². The van der Waals surface area contributed by atoms with Crippen LogP contribution in [0.25, 0.3) is 33.1 Å². The molecule has 0 unspecified atom stereocenters. The van der Waals surface area contributed by atoms with E-state index in [0.29, 0.717) is 36.7 Å². The third-order valence-corrected chi connectivity index (χ3v) is 18.0. The van der Waals surface area contributed by atoms with Gasteiger partial charge in [-0.15, -0.1) is 0 Å². The fourth-order valence-corrected chi connectivity index (χ4v) is 10.4. The molecule has 2 aromatic heterocycles. The number of aryl methyl sites for hydroxylation is 2. The summed E-state index contributed by atoms with van der Waals surface area (Å²) in [5.74, 6) is -0.0119. The quantitative estimate of drug-likeness (QED) is 0.0585. The molecule has 0 saturated carbocycles. The first-order valence-corrected chi connectivity index (χ1v) is 24.9. The fraction of sp³-hybridized carbons (Fsp3) is 0.408. The number of phenols is 1. The van der Waals surface area contributed by atoms with Crippen molar-refractivity contribution in [1.82, 2.24) is 19.8 Å². The van der Waals surface area contributed by atoms with Gasteiger partial charge in [0.25, 0.3) is 0 Å². The summed E-state index contributed by atoms with van der Waals surface area (Å²) in [6.45, 7) is 15.4. The number of aromatic nitrogens is 2. The number of pyridine rings is 1. The SMILES string of the molecule is CC(C)(C)[Si](C)(C)O[C@@H](CNCc1ccc2c(c1)oc(=O)n2CCCCc1ccc(N(C(=O)O)[C@H]2CN3CCC2CC3)c(-c2ccccc2)c1)c1ccc(O)c2[nH]c(=O)ccc12. The molecule has 2 bridgehead atoms. The van der Waals surface area contributed by atoms with E-state index in [-0.39, 0.29) is 34.2 Å². The predicted octanol–water partition coefficient (Wildman–Crippen LogP) is 9.26. The average molecular weight is 858 g/mol. The third-order valence-electron chi connectivity index (χ3n) is 13.6. The minimum absolute atomic E-state index is 0.00920. The van der Waals surface area contributed by atoms with Gasteiger partial charge in [-0.2, -0.15) is 0 Å². The van der Waals surface area contributed by atoms with Gasteiger partial charge in [0.2, 0.25) is 5.56 Å². The number of carboxylic acid groups (broad SMARTS) is 1. The number of unbranched alkanes of at least 4 members (excludes halogenated alkanes) is 1. The second-order valence-corrected chi connectivity index (χ2v) is 23.4. The van der Waals surface area contributed by atoms with Crippen molar-refractivity contribution in [2.75, 3.05) is 31.1 Å². The molecule has 6 aromatic rings. The molecule has 4 N–H and O–H groups in total. The number of fused-ring (bicyclic) bond motifs is 5. The highest BCUT2D eigenvalue weighted by Crippen LogP contribution is 2.42. The van der Waals surface area contributed by atoms with Crippen molar-refractivity contribution < 1.29 is 23.9 Å². The summed E-state index contributed by atoms with van der Waals surface area (Å²) in [6, 6.07) is 28.7. The topological polar surface area (TPSA) is 153 Å². The van der Waals surface area contributed by atoms with Crippen molar-refractivity contribution >= 4 is 42.1 Å². The number of phenolic OH excluding ortho intramolecular Hbond substituents is 1. The molecule has 1 amide bonds. The van der Waals surface area contributed by atoms with Gasteiger partial charge >= 0.3 is 11.8 Å². The van der Waals surface area contributed by atoms with Gasteiger partial charge in [-0.25, -0.2) is 9.59 Å². The zero-order valence-electron chi connectivity index (χ0n) is 36.4. The number of aromatic amines is 1. The number of nitrogens with one attached hydrogen (secondary N) is 2. The lowest BCUT2D eigenvalue weighted by atomic mass is 9.82. The summed E-state index contributed by atoms with van der Waals surface area (Å²) in [5.41, 5.74) is 7.00. The van der Waals surface area contributed by atoms with Crippen LogP contribution < -0.4 is 21.5 Å². The number of carbonyl (C=O) groups is 1. The van der Waals surface area contributed by atoms with Crippen LogP contribution in [0.4, 0.5) is 10.5 Å². The van der Waals surface area contributed by atoms with Crippen molar-refractivity contribution in [2.45, 2.75) is 96.2 Å². The van der Waals surface area contributed by atoms with Crippen LogP contribution in [0.2, 0.25) is 18.1 Å². The Morgan fingerprint density at radius 1 is 0.968 bits per heavy atom. The van der Waals surface area contributed by atoms with Crippen molar-refractivity contribution in [3.63, 3.8) is 0 Å². The van der Waals surface area contributed by atoms with Gasteiger partial charge < -0.3 is 34.3 Å². The minimum atomic E-state index is -2.25. The lowest BCUT2D eigenvalue weighted by Gasteiger charge is -2.48. The second-order valence-electron chi connectivity index (χ2n) is 18.6. The Labute approximate surface area is 363 Å². The average Bonchev–Trinajstić information content (AvgIpc) is 3.56. The molecule has 0 spiro atoms. The van der Waals surface area contributed by atoms with E-state index >= 15 is 0 Å². The molecule has 0 aliphatic carbocycles. The summed E-state index contributed by atoms with van der Waals surface area (Å²) < 4.78 is 14.4. The maximum absolute atomic E-state index is 13.1. The van der Waals surface area contributed by atoms with Gasteiger partial charge in [-0.1, -0.05) is 69.3 Å². The first-order chi connectivity index (χ1) is 29.7. The first kappa shape index (κ1) is 43.2. The van der Waals surface area contributed by atoms with Crippen molar-refractivity contribution in [2.24, 2.45) is 5.92 Å². The number of benzene rings is 4. The molecule has 12 nitrogen and oxygen atoms in total. The van der Waals surface area contributed by atoms with Crippen LogP contribution in [-0.4, -0.2) is 71.3 Å². The molecule has 3 aliphatic heterocycles. The molecule has 62 heavy (non-hydrogen) atoms. The van der Waals surface area contributed by atoms with Gasteiger partial charge in [0.15, 0.2) is 13.9 Å². The normalized spacial score (nSPS) is 18.4. The van der Waals surface area contributed by atoms with Gasteiger partial charge in [-0.05, 0) is 128 Å². The number of amides is 1. The Hall–Kier alpha value is -5.47. The van der Waals surface area contributed by atoms with E-state index in [0.717, 1.165) is 96.1 Å². The summed E-state index contributed by atoms with van der Waals surface area (Å²) in [4.78, 5) is 45.0. The highest BCUT2D eigenvalue weighted by molar-refractivity contribution is 6.74. The molecule has 0 radical (unpaired) electrons. The molecular formula is C49H59N5O7Si. The number of oxazole rings is 1. The van der Waals surface area contributed by atoms with Crippen LogP contribution in [0.3, 0.4) is 0 Å². The Morgan fingerprint density at radius 2 is 1.73 bits per heavy atom. The van der Waals surface area contributed by atoms with E-state index in [4.69, 9.17) is 8.84 Å². The largest absolute Gasteiger partial charge is 0.506 e. The smallest absolute Gasteiger partial charge is 0.419 e. The van der Waals surface area contributed by atoms with Gasteiger partial charge in [0.1, 0.15) is 5.75 Å². The van der Waals surface area contributed by atoms with Crippen LogP contribution in [-0.2, 0) is 23.9 Å². The van der Waals surface area contributed by atoms with Crippen LogP contribution >= 0.6 is 0 Å². The van der Waals surface area contributed by atoms with Gasteiger partial charge in [-0.3, -0.25) is 14.3 Å². The summed E-state index contributed by atoms with van der Waals surface area (Å²) in [5, 5.41) is 25.4. The van der Waals surface area contributed by atoms with E-state index < -0.39 is 14.4 Å². The standard InChI is InChI=1S/C49H59N5O7Si/c1-49(2,3)62(4,5)61-44(36-16-20-42(55)46-37(36)17-21-45(56)51-46)30-50-29-33-15-19-40-43(28-33)60-48(59)53(40)24-10-9-11-32-14-18-39(38(27-32)34-12-7-6-8-13-34)54(47(57)58)41-31-52-25-22-35(41)23-26-52/h6-8,12-21,27-28,35,41,44,50,55H,9-11,22-26,29-31H2,1-5H3,(H,51,56)(H,57,58)/t41-,44-/m0/s1. The molecule has 4 aromatic carbocycles. The number of nitrogens with zero attached hydrogens (tertiary/aromatic N) is 3. The van der Waals surface area contributed by atoms with Crippen molar-refractivity contribution in [3.05, 3.63) is 129 Å². The van der Waals surface area contributed by atoms with E-state index in [1.165, 1.54) is 6.07 Å². The monoisotopic (exact) mass is 857 g/mol. The van der Waals surface area contributed by atoms with E-state index in [1.54, 1.807) is 21.6 Å². The number of hydrogen-bond donors (Lipinski definition) is 4. The van der Waals surface area contributed by atoms with E-state index in [9.17, 15) is 24.6 Å². The van der Waals surface area contributed by atoms with Gasteiger partial charge in [0.05, 0.1) is 28.9 Å². The summed E-state index contributed by atoms with van der Waals surface area (Å²) >= 11 is 0. The Morgan fingerprint density at radius 3 is 2.44 bits per heavy atom. The molecule has 2 atom stereocenters. The van der Waals surface area contributed by atoms with Crippen molar-refractivity contribution in [3.8, 4) is 16.9 Å². The van der Waals surface area contributed by atoms with Crippen LogP contribution in [0, 0.1) is 5.92 Å². The van der Waals surface area contributed by atoms with E-state index in [1.807, 2.05) is 60.7 Å². The highest BCUT2D eigenvalue weighted by atomic mass is 28.4. The minimum Gasteiger partial charge on any atom is -0.506 e. The summed E-state index contributed by atoms with van der Waals surface area (Å²) in [7, 11) is -2.25. The molecule has 13 heteroatoms. The predicted molar refractivity (Wildman–Crippen MR) is 248 cm³/mol. The Balaban J connectivity index is 0.935. The van der Waals surface area contributed by atoms with Gasteiger partial charge in [0, 0.05) is 43.2 Å². The molecular weight excluding hydrogens is 799 g/mol. The number of anilines is 1.